The van der Waals surface area contributed by atoms with Crippen LogP contribution in [0.25, 0.3) is 0 Å². The standard InChI is InChI=1S/C13H16N4O/c1-18-13-3-2-9(7-17-13)6-12(15)10-8-16-5-4-11(10)14/h2-5,7-8,12H,6,15H2,1H3,(H2,14,16). The molecule has 2 aromatic heterocycles. The second-order valence-corrected chi connectivity index (χ2v) is 4.02. The first-order valence-electron chi connectivity index (χ1n) is 5.64. The maximum Gasteiger partial charge on any atom is 0.212 e. The highest BCUT2D eigenvalue weighted by atomic mass is 16.5. The molecule has 1 unspecified atom stereocenters. The van der Waals surface area contributed by atoms with Crippen LogP contribution in [0, 0.1) is 0 Å². The third-order valence-electron chi connectivity index (χ3n) is 2.75. The highest BCUT2D eigenvalue weighted by Crippen LogP contribution is 2.20. The molecule has 2 aromatic rings. The van der Waals surface area contributed by atoms with E-state index in [1.807, 2.05) is 12.1 Å². The predicted molar refractivity (Wildman–Crippen MR) is 70.1 cm³/mol. The summed E-state index contributed by atoms with van der Waals surface area (Å²) in [5.41, 5.74) is 14.5. The van der Waals surface area contributed by atoms with Gasteiger partial charge in [-0.1, -0.05) is 6.07 Å². The largest absolute Gasteiger partial charge is 0.481 e. The molecule has 0 spiro atoms. The molecule has 0 radical (unpaired) electrons. The van der Waals surface area contributed by atoms with Crippen LogP contribution in [0.3, 0.4) is 0 Å². The van der Waals surface area contributed by atoms with Crippen molar-refractivity contribution in [2.24, 2.45) is 5.73 Å². The van der Waals surface area contributed by atoms with Crippen LogP contribution in [0.5, 0.6) is 5.88 Å². The summed E-state index contributed by atoms with van der Waals surface area (Å²) in [6.07, 6.45) is 5.77. The molecule has 18 heavy (non-hydrogen) atoms. The Labute approximate surface area is 106 Å². The third kappa shape index (κ3) is 2.75. The Kier molecular flexibility index (Phi) is 3.74. The lowest BCUT2D eigenvalue weighted by Gasteiger charge is -2.13. The fourth-order valence-corrected chi connectivity index (χ4v) is 1.74. The number of nitrogens with zero attached hydrogens (tertiary/aromatic N) is 2. The maximum atomic E-state index is 6.12. The van der Waals surface area contributed by atoms with Gasteiger partial charge in [0.15, 0.2) is 0 Å². The fourth-order valence-electron chi connectivity index (χ4n) is 1.74. The molecule has 2 rings (SSSR count). The van der Waals surface area contributed by atoms with Crippen LogP contribution < -0.4 is 16.2 Å². The fraction of sp³-hybridized carbons (Fsp3) is 0.231. The van der Waals surface area contributed by atoms with Gasteiger partial charge in [-0.2, -0.15) is 0 Å². The van der Waals surface area contributed by atoms with Crippen molar-refractivity contribution < 1.29 is 4.74 Å². The molecule has 94 valence electrons. The third-order valence-corrected chi connectivity index (χ3v) is 2.75. The Morgan fingerprint density at radius 2 is 2.11 bits per heavy atom. The normalized spacial score (nSPS) is 12.1. The Bertz CT molecular complexity index is 513. The van der Waals surface area contributed by atoms with Gasteiger partial charge >= 0.3 is 0 Å². The number of aromatic nitrogens is 2. The van der Waals surface area contributed by atoms with E-state index in [4.69, 9.17) is 16.2 Å². The average molecular weight is 244 g/mol. The Morgan fingerprint density at radius 1 is 1.28 bits per heavy atom. The molecule has 2 heterocycles. The topological polar surface area (TPSA) is 87.0 Å². The van der Waals surface area contributed by atoms with Gasteiger partial charge in [0, 0.05) is 41.9 Å². The van der Waals surface area contributed by atoms with Crippen molar-refractivity contribution in [3.8, 4) is 5.88 Å². The van der Waals surface area contributed by atoms with Crippen molar-refractivity contribution in [2.75, 3.05) is 12.8 Å². The number of hydrogen-bond donors (Lipinski definition) is 2. The first kappa shape index (κ1) is 12.3. The number of methoxy groups -OCH3 is 1. The molecule has 0 aliphatic rings. The van der Waals surface area contributed by atoms with E-state index in [9.17, 15) is 0 Å². The van der Waals surface area contributed by atoms with Crippen molar-refractivity contribution in [1.82, 2.24) is 9.97 Å². The lowest BCUT2D eigenvalue weighted by Crippen LogP contribution is -2.15. The van der Waals surface area contributed by atoms with Crippen LogP contribution in [0.4, 0.5) is 5.69 Å². The van der Waals surface area contributed by atoms with Gasteiger partial charge < -0.3 is 16.2 Å². The zero-order valence-electron chi connectivity index (χ0n) is 10.2. The van der Waals surface area contributed by atoms with Gasteiger partial charge in [-0.15, -0.1) is 0 Å². The zero-order chi connectivity index (χ0) is 13.0. The van der Waals surface area contributed by atoms with Gasteiger partial charge in [0.1, 0.15) is 0 Å². The van der Waals surface area contributed by atoms with Crippen molar-refractivity contribution >= 4 is 5.69 Å². The molecule has 0 aromatic carbocycles. The van der Waals surface area contributed by atoms with Gasteiger partial charge in [-0.3, -0.25) is 4.98 Å². The monoisotopic (exact) mass is 244 g/mol. The van der Waals surface area contributed by atoms with Crippen LogP contribution in [-0.4, -0.2) is 17.1 Å². The maximum absolute atomic E-state index is 6.12. The first-order valence-corrected chi connectivity index (χ1v) is 5.64. The Morgan fingerprint density at radius 3 is 2.72 bits per heavy atom. The van der Waals surface area contributed by atoms with E-state index in [0.29, 0.717) is 18.0 Å². The van der Waals surface area contributed by atoms with E-state index in [-0.39, 0.29) is 6.04 Å². The van der Waals surface area contributed by atoms with Gasteiger partial charge in [-0.05, 0) is 18.1 Å². The number of pyridine rings is 2. The van der Waals surface area contributed by atoms with Crippen LogP contribution in [0.1, 0.15) is 17.2 Å². The molecule has 4 N–H and O–H groups in total. The molecular weight excluding hydrogens is 228 g/mol. The molecular formula is C13H16N4O. The Hall–Kier alpha value is -2.14. The number of anilines is 1. The zero-order valence-corrected chi connectivity index (χ0v) is 10.2. The minimum absolute atomic E-state index is 0.186. The van der Waals surface area contributed by atoms with Crippen LogP contribution in [-0.2, 0) is 6.42 Å². The summed E-state index contributed by atoms with van der Waals surface area (Å²) in [6.45, 7) is 0. The predicted octanol–water partition coefficient (Wildman–Crippen LogP) is 1.31. The number of nitrogen functional groups attached to an aromatic ring is 1. The Balaban J connectivity index is 2.11. The summed E-state index contributed by atoms with van der Waals surface area (Å²) in [7, 11) is 1.59. The summed E-state index contributed by atoms with van der Waals surface area (Å²) in [5, 5.41) is 0. The van der Waals surface area contributed by atoms with Crippen molar-refractivity contribution in [3.63, 3.8) is 0 Å². The number of rotatable bonds is 4. The lowest BCUT2D eigenvalue weighted by atomic mass is 10.0. The molecule has 0 bridgehead atoms. The van der Waals surface area contributed by atoms with Gasteiger partial charge in [0.05, 0.1) is 7.11 Å². The van der Waals surface area contributed by atoms with E-state index in [0.717, 1.165) is 11.1 Å². The van der Waals surface area contributed by atoms with Gasteiger partial charge in [0.25, 0.3) is 0 Å². The van der Waals surface area contributed by atoms with E-state index in [1.54, 1.807) is 31.8 Å². The van der Waals surface area contributed by atoms with Gasteiger partial charge in [-0.25, -0.2) is 4.98 Å². The summed E-state index contributed by atoms with van der Waals surface area (Å²) in [6, 6.07) is 5.32. The molecule has 5 nitrogen and oxygen atoms in total. The SMILES string of the molecule is COc1ccc(CC(N)c2cnccc2N)cn1. The smallest absolute Gasteiger partial charge is 0.212 e. The minimum atomic E-state index is -0.186. The lowest BCUT2D eigenvalue weighted by molar-refractivity contribution is 0.397. The molecule has 0 saturated heterocycles. The highest BCUT2D eigenvalue weighted by molar-refractivity contribution is 5.46. The molecule has 0 saturated carbocycles. The molecule has 1 atom stereocenters. The molecule has 0 fully saturated rings. The summed E-state index contributed by atoms with van der Waals surface area (Å²) in [5.74, 6) is 0.591. The van der Waals surface area contributed by atoms with E-state index < -0.39 is 0 Å². The van der Waals surface area contributed by atoms with E-state index in [1.165, 1.54) is 0 Å². The summed E-state index contributed by atoms with van der Waals surface area (Å²) >= 11 is 0. The van der Waals surface area contributed by atoms with Crippen molar-refractivity contribution in [3.05, 3.63) is 47.9 Å². The van der Waals surface area contributed by atoms with E-state index in [2.05, 4.69) is 9.97 Å². The number of hydrogen-bond acceptors (Lipinski definition) is 5. The van der Waals surface area contributed by atoms with E-state index >= 15 is 0 Å². The summed E-state index contributed by atoms with van der Waals surface area (Å²) < 4.78 is 5.01. The minimum Gasteiger partial charge on any atom is -0.481 e. The molecule has 0 amide bonds. The second kappa shape index (κ2) is 5.46. The van der Waals surface area contributed by atoms with Crippen LogP contribution in [0.15, 0.2) is 36.8 Å². The highest BCUT2D eigenvalue weighted by Gasteiger charge is 2.10. The summed E-state index contributed by atoms with van der Waals surface area (Å²) in [4.78, 5) is 8.18. The second-order valence-electron chi connectivity index (χ2n) is 4.02. The quantitative estimate of drug-likeness (QED) is 0.846. The molecule has 5 heteroatoms. The average Bonchev–Trinajstić information content (AvgIpc) is 2.40. The molecule has 0 aliphatic heterocycles. The number of ether oxygens (including phenoxy) is 1. The first-order chi connectivity index (χ1) is 8.70. The van der Waals surface area contributed by atoms with Gasteiger partial charge in [0.2, 0.25) is 5.88 Å². The number of nitrogens with two attached hydrogens (primary N) is 2. The molecule has 0 aliphatic carbocycles. The van der Waals surface area contributed by atoms with Crippen LogP contribution in [0.2, 0.25) is 0 Å². The van der Waals surface area contributed by atoms with Crippen molar-refractivity contribution in [2.45, 2.75) is 12.5 Å². The van der Waals surface area contributed by atoms with Crippen molar-refractivity contribution in [1.29, 1.82) is 0 Å². The van der Waals surface area contributed by atoms with Crippen LogP contribution >= 0.6 is 0 Å².